The van der Waals surface area contributed by atoms with Gasteiger partial charge in [0.1, 0.15) is 11.4 Å². The summed E-state index contributed by atoms with van der Waals surface area (Å²) >= 11 is 0. The Morgan fingerprint density at radius 1 is 1.04 bits per heavy atom. The minimum atomic E-state index is -0.984. The van der Waals surface area contributed by atoms with Gasteiger partial charge in [-0.3, -0.25) is 10.1 Å². The molecule has 2 heterocycles. The third-order valence-electron chi connectivity index (χ3n) is 3.14. The van der Waals surface area contributed by atoms with Crippen molar-refractivity contribution in [1.29, 1.82) is 0 Å². The molecule has 8 heteroatoms. The molecule has 0 aliphatic carbocycles. The highest BCUT2D eigenvalue weighted by Crippen LogP contribution is 2.32. The number of benzene rings is 1. The minimum absolute atomic E-state index is 0.185. The van der Waals surface area contributed by atoms with Gasteiger partial charge < -0.3 is 5.73 Å². The molecule has 1 aromatic carbocycles. The maximum atomic E-state index is 13.2. The summed E-state index contributed by atoms with van der Waals surface area (Å²) in [5, 5.41) is 15.0. The van der Waals surface area contributed by atoms with Gasteiger partial charge in [0.25, 0.3) is 0 Å². The summed E-state index contributed by atoms with van der Waals surface area (Å²) in [5.74, 6) is -1.92. The number of hydrogen-bond acceptors (Lipinski definition) is 5. The topological polar surface area (TPSA) is 92.3 Å². The van der Waals surface area contributed by atoms with E-state index in [9.17, 15) is 8.78 Å². The van der Waals surface area contributed by atoms with Crippen LogP contribution in [0.5, 0.6) is 0 Å². The lowest BCUT2D eigenvalue weighted by Crippen LogP contribution is -1.96. The van der Waals surface area contributed by atoms with Crippen LogP contribution in [-0.4, -0.2) is 15.2 Å². The van der Waals surface area contributed by atoms with E-state index in [-0.39, 0.29) is 12.2 Å². The number of azo groups is 1. The van der Waals surface area contributed by atoms with E-state index in [2.05, 4.69) is 25.4 Å². The highest BCUT2D eigenvalue weighted by Gasteiger charge is 2.14. The monoisotopic (exact) mass is 314 g/mol. The fourth-order valence-electron chi connectivity index (χ4n) is 1.99. The highest BCUT2D eigenvalue weighted by molar-refractivity contribution is 5.73. The van der Waals surface area contributed by atoms with Crippen LogP contribution in [0.4, 0.5) is 20.2 Å². The Bertz CT molecular complexity index is 844. The molecule has 0 radical (unpaired) electrons. The Hall–Kier alpha value is -3.00. The van der Waals surface area contributed by atoms with Gasteiger partial charge >= 0.3 is 0 Å². The summed E-state index contributed by atoms with van der Waals surface area (Å²) in [4.78, 5) is 3.95. The van der Waals surface area contributed by atoms with Crippen LogP contribution < -0.4 is 5.73 Å². The third kappa shape index (κ3) is 3.11. The first kappa shape index (κ1) is 14.9. The summed E-state index contributed by atoms with van der Waals surface area (Å²) in [6, 6.07) is 6.83. The van der Waals surface area contributed by atoms with E-state index >= 15 is 0 Å². The second kappa shape index (κ2) is 6.41. The molecule has 0 unspecified atom stereocenters. The van der Waals surface area contributed by atoms with Crippen molar-refractivity contribution in [2.75, 3.05) is 0 Å². The van der Waals surface area contributed by atoms with Gasteiger partial charge in [0.15, 0.2) is 11.6 Å². The molecular weight excluding hydrogens is 302 g/mol. The number of nitrogens with zero attached hydrogens (tertiary/aromatic N) is 4. The number of rotatable bonds is 4. The summed E-state index contributed by atoms with van der Waals surface area (Å²) in [6.45, 7) is 0.185. The van der Waals surface area contributed by atoms with Gasteiger partial charge in [-0.1, -0.05) is 0 Å². The molecule has 0 bridgehead atoms. The molecule has 6 nitrogen and oxygen atoms in total. The highest BCUT2D eigenvalue weighted by atomic mass is 19.2. The van der Waals surface area contributed by atoms with Crippen molar-refractivity contribution in [1.82, 2.24) is 15.2 Å². The van der Waals surface area contributed by atoms with Crippen LogP contribution in [0.3, 0.4) is 0 Å². The zero-order valence-corrected chi connectivity index (χ0v) is 11.9. The largest absolute Gasteiger partial charge is 0.325 e. The molecule has 0 atom stereocenters. The van der Waals surface area contributed by atoms with Gasteiger partial charge in [0.05, 0.1) is 11.4 Å². The van der Waals surface area contributed by atoms with Gasteiger partial charge in [-0.25, -0.2) is 8.78 Å². The smallest absolute Gasteiger partial charge is 0.161 e. The van der Waals surface area contributed by atoms with Gasteiger partial charge in [-0.15, -0.1) is 5.11 Å². The van der Waals surface area contributed by atoms with Gasteiger partial charge in [0.2, 0.25) is 0 Å². The van der Waals surface area contributed by atoms with Crippen molar-refractivity contribution < 1.29 is 8.78 Å². The molecule has 0 spiro atoms. The first-order valence-corrected chi connectivity index (χ1v) is 6.73. The second-order valence-corrected chi connectivity index (χ2v) is 4.64. The van der Waals surface area contributed by atoms with E-state index in [0.29, 0.717) is 17.1 Å². The maximum absolute atomic E-state index is 13.2. The first-order chi connectivity index (χ1) is 11.2. The predicted octanol–water partition coefficient (Wildman–Crippen LogP) is 3.62. The Balaban J connectivity index is 2.00. The Morgan fingerprint density at radius 2 is 1.83 bits per heavy atom. The van der Waals surface area contributed by atoms with Crippen LogP contribution in [0, 0.1) is 11.6 Å². The van der Waals surface area contributed by atoms with E-state index in [4.69, 9.17) is 5.73 Å². The lowest BCUT2D eigenvalue weighted by molar-refractivity contribution is 0.509. The normalized spacial score (nSPS) is 11.3. The van der Waals surface area contributed by atoms with E-state index in [1.54, 1.807) is 24.5 Å². The molecule has 0 saturated heterocycles. The van der Waals surface area contributed by atoms with Crippen molar-refractivity contribution in [3.05, 3.63) is 60.1 Å². The SMILES string of the molecule is NCc1[nH]nc(-c2ccncc2)c1N=Nc1ccc(F)c(F)c1. The van der Waals surface area contributed by atoms with Crippen LogP contribution in [0.25, 0.3) is 11.3 Å². The van der Waals surface area contributed by atoms with Gasteiger partial charge in [0, 0.05) is 30.6 Å². The molecule has 3 rings (SSSR count). The molecule has 0 aliphatic rings. The van der Waals surface area contributed by atoms with Crippen LogP contribution in [0.1, 0.15) is 5.69 Å². The molecular formula is C15H12F2N6. The summed E-state index contributed by atoms with van der Waals surface area (Å²) < 4.78 is 26.1. The minimum Gasteiger partial charge on any atom is -0.325 e. The zero-order chi connectivity index (χ0) is 16.2. The van der Waals surface area contributed by atoms with Crippen molar-refractivity contribution in [2.24, 2.45) is 16.0 Å². The number of H-pyrrole nitrogens is 1. The van der Waals surface area contributed by atoms with Gasteiger partial charge in [-0.05, 0) is 24.3 Å². The van der Waals surface area contributed by atoms with Crippen LogP contribution in [0.2, 0.25) is 0 Å². The Labute approximate surface area is 130 Å². The number of nitrogens with two attached hydrogens (primary N) is 1. The van der Waals surface area contributed by atoms with Crippen molar-refractivity contribution >= 4 is 11.4 Å². The predicted molar refractivity (Wildman–Crippen MR) is 80.2 cm³/mol. The van der Waals surface area contributed by atoms with Crippen LogP contribution in [-0.2, 0) is 6.54 Å². The summed E-state index contributed by atoms with van der Waals surface area (Å²) in [5.41, 5.74) is 8.22. The van der Waals surface area contributed by atoms with Crippen molar-refractivity contribution in [2.45, 2.75) is 6.54 Å². The van der Waals surface area contributed by atoms with E-state index in [1.165, 1.54) is 6.07 Å². The molecule has 2 aromatic heterocycles. The molecule has 0 saturated carbocycles. The molecule has 3 aromatic rings. The second-order valence-electron chi connectivity index (χ2n) is 4.64. The molecule has 0 amide bonds. The fourth-order valence-corrected chi connectivity index (χ4v) is 1.99. The molecule has 3 N–H and O–H groups in total. The Kier molecular flexibility index (Phi) is 4.15. The third-order valence-corrected chi connectivity index (χ3v) is 3.14. The number of hydrogen-bond donors (Lipinski definition) is 2. The summed E-state index contributed by atoms with van der Waals surface area (Å²) in [7, 11) is 0. The number of aromatic amines is 1. The van der Waals surface area contributed by atoms with Crippen molar-refractivity contribution in [3.8, 4) is 11.3 Å². The molecule has 0 fully saturated rings. The number of halogens is 2. The number of aromatic nitrogens is 3. The van der Waals surface area contributed by atoms with Crippen molar-refractivity contribution in [3.63, 3.8) is 0 Å². The number of pyridine rings is 1. The summed E-state index contributed by atoms with van der Waals surface area (Å²) in [6.07, 6.45) is 3.25. The molecule has 23 heavy (non-hydrogen) atoms. The van der Waals surface area contributed by atoms with Gasteiger partial charge in [-0.2, -0.15) is 10.2 Å². The zero-order valence-electron chi connectivity index (χ0n) is 11.9. The quantitative estimate of drug-likeness (QED) is 0.720. The standard InChI is InChI=1S/C15H12F2N6/c16-11-2-1-10(7-12(11)17)20-23-15-13(8-18)21-22-14(15)9-3-5-19-6-4-9/h1-7H,8,18H2,(H,21,22). The number of nitrogens with one attached hydrogen (secondary N) is 1. The lowest BCUT2D eigenvalue weighted by atomic mass is 10.1. The van der Waals surface area contributed by atoms with Crippen LogP contribution >= 0.6 is 0 Å². The maximum Gasteiger partial charge on any atom is 0.161 e. The Morgan fingerprint density at radius 3 is 2.52 bits per heavy atom. The van der Waals surface area contributed by atoms with E-state index in [0.717, 1.165) is 17.7 Å². The average molecular weight is 314 g/mol. The average Bonchev–Trinajstić information content (AvgIpc) is 2.99. The lowest BCUT2D eigenvalue weighted by Gasteiger charge is -1.99. The van der Waals surface area contributed by atoms with E-state index in [1.807, 2.05) is 0 Å². The van der Waals surface area contributed by atoms with E-state index < -0.39 is 11.6 Å². The molecule has 0 aliphatic heterocycles. The van der Waals surface area contributed by atoms with Crippen LogP contribution in [0.15, 0.2) is 53.0 Å². The fraction of sp³-hybridized carbons (Fsp3) is 0.0667. The molecule has 116 valence electrons. The first-order valence-electron chi connectivity index (χ1n) is 6.73.